The van der Waals surface area contributed by atoms with Crippen molar-refractivity contribution >= 4 is 28.9 Å². The van der Waals surface area contributed by atoms with E-state index < -0.39 is 5.82 Å². The minimum atomic E-state index is -0.528. The Morgan fingerprint density at radius 3 is 2.81 bits per heavy atom. The third-order valence-electron chi connectivity index (χ3n) is 2.66. The Bertz CT molecular complexity index is 649. The Balaban J connectivity index is 1.81. The molecule has 0 radical (unpaired) electrons. The van der Waals surface area contributed by atoms with Crippen LogP contribution in [0.3, 0.4) is 0 Å². The van der Waals surface area contributed by atoms with Crippen LogP contribution in [-0.2, 0) is 4.79 Å². The van der Waals surface area contributed by atoms with E-state index in [4.69, 9.17) is 22.1 Å². The number of rotatable bonds is 5. The monoisotopic (exact) mass is 308 g/mol. The molecule has 0 fully saturated rings. The molecule has 0 heterocycles. The van der Waals surface area contributed by atoms with Crippen molar-refractivity contribution in [2.24, 2.45) is 0 Å². The summed E-state index contributed by atoms with van der Waals surface area (Å²) in [4.78, 5) is 11.7. The lowest BCUT2D eigenvalue weighted by molar-refractivity contribution is -0.116. The molecule has 0 saturated carbocycles. The van der Waals surface area contributed by atoms with Gasteiger partial charge >= 0.3 is 0 Å². The molecule has 0 bridgehead atoms. The highest BCUT2D eigenvalue weighted by Gasteiger charge is 2.06. The van der Waals surface area contributed by atoms with E-state index in [9.17, 15) is 9.18 Å². The second kappa shape index (κ2) is 6.95. The maximum Gasteiger partial charge on any atom is 0.227 e. The number of hydrogen-bond donors (Lipinski definition) is 2. The summed E-state index contributed by atoms with van der Waals surface area (Å²) in [5.41, 5.74) is 6.65. The minimum Gasteiger partial charge on any atom is -0.493 e. The molecule has 6 heteroatoms. The standard InChI is InChI=1S/C15H14ClFN2O2/c16-13-9-11(4-5-14(13)17)19-15(20)6-7-21-12-3-1-2-10(18)8-12/h1-5,8-9H,6-7,18H2,(H,19,20). The van der Waals surface area contributed by atoms with Gasteiger partial charge in [-0.05, 0) is 30.3 Å². The van der Waals surface area contributed by atoms with Crippen LogP contribution in [0, 0.1) is 5.82 Å². The first-order valence-electron chi connectivity index (χ1n) is 6.28. The molecule has 0 aliphatic carbocycles. The number of carbonyl (C=O) groups excluding carboxylic acids is 1. The van der Waals surface area contributed by atoms with Crippen LogP contribution in [0.15, 0.2) is 42.5 Å². The Labute approximate surface area is 126 Å². The zero-order valence-corrected chi connectivity index (χ0v) is 11.9. The number of anilines is 2. The topological polar surface area (TPSA) is 64.3 Å². The highest BCUT2D eigenvalue weighted by Crippen LogP contribution is 2.19. The van der Waals surface area contributed by atoms with Crippen LogP contribution in [0.1, 0.15) is 6.42 Å². The molecule has 2 aromatic rings. The molecular weight excluding hydrogens is 295 g/mol. The lowest BCUT2D eigenvalue weighted by atomic mass is 10.3. The van der Waals surface area contributed by atoms with E-state index in [1.165, 1.54) is 18.2 Å². The van der Waals surface area contributed by atoms with Crippen molar-refractivity contribution in [2.45, 2.75) is 6.42 Å². The van der Waals surface area contributed by atoms with Crippen molar-refractivity contribution in [2.75, 3.05) is 17.7 Å². The predicted molar refractivity (Wildman–Crippen MR) is 81.0 cm³/mol. The smallest absolute Gasteiger partial charge is 0.227 e. The molecule has 0 aliphatic heterocycles. The van der Waals surface area contributed by atoms with Crippen molar-refractivity contribution in [3.8, 4) is 5.75 Å². The number of benzene rings is 2. The molecule has 110 valence electrons. The van der Waals surface area contributed by atoms with Gasteiger partial charge in [0.25, 0.3) is 0 Å². The van der Waals surface area contributed by atoms with Crippen molar-refractivity contribution in [3.63, 3.8) is 0 Å². The molecule has 4 nitrogen and oxygen atoms in total. The Morgan fingerprint density at radius 1 is 1.29 bits per heavy atom. The lowest BCUT2D eigenvalue weighted by Crippen LogP contribution is -2.15. The number of nitrogen functional groups attached to an aromatic ring is 1. The van der Waals surface area contributed by atoms with Crippen LogP contribution < -0.4 is 15.8 Å². The van der Waals surface area contributed by atoms with Gasteiger partial charge in [0.2, 0.25) is 5.91 Å². The largest absolute Gasteiger partial charge is 0.493 e. The van der Waals surface area contributed by atoms with Crippen molar-refractivity contribution in [3.05, 3.63) is 53.3 Å². The number of amides is 1. The van der Waals surface area contributed by atoms with Crippen LogP contribution >= 0.6 is 11.6 Å². The van der Waals surface area contributed by atoms with Crippen molar-refractivity contribution < 1.29 is 13.9 Å². The average molecular weight is 309 g/mol. The third-order valence-corrected chi connectivity index (χ3v) is 2.95. The van der Waals surface area contributed by atoms with E-state index in [1.807, 2.05) is 0 Å². The molecule has 0 atom stereocenters. The van der Waals surface area contributed by atoms with E-state index in [1.54, 1.807) is 24.3 Å². The molecular formula is C15H14ClFN2O2. The van der Waals surface area contributed by atoms with Gasteiger partial charge in [0.05, 0.1) is 18.1 Å². The molecule has 0 unspecified atom stereocenters. The first kappa shape index (κ1) is 15.1. The summed E-state index contributed by atoms with van der Waals surface area (Å²) < 4.78 is 18.4. The molecule has 0 spiro atoms. The van der Waals surface area contributed by atoms with Gasteiger partial charge in [-0.2, -0.15) is 0 Å². The summed E-state index contributed by atoms with van der Waals surface area (Å²) in [5.74, 6) is -0.172. The fourth-order valence-electron chi connectivity index (χ4n) is 1.66. The Morgan fingerprint density at radius 2 is 2.10 bits per heavy atom. The first-order chi connectivity index (χ1) is 10.0. The minimum absolute atomic E-state index is 0.0381. The molecule has 1 amide bonds. The predicted octanol–water partition coefficient (Wildman–Crippen LogP) is 3.47. The zero-order valence-electron chi connectivity index (χ0n) is 11.1. The van der Waals surface area contributed by atoms with Crippen LogP contribution in [0.5, 0.6) is 5.75 Å². The van der Waals surface area contributed by atoms with Crippen LogP contribution in [0.4, 0.5) is 15.8 Å². The molecule has 2 aromatic carbocycles. The van der Waals surface area contributed by atoms with Gasteiger partial charge in [-0.3, -0.25) is 4.79 Å². The van der Waals surface area contributed by atoms with Gasteiger partial charge in [0, 0.05) is 17.4 Å². The van der Waals surface area contributed by atoms with E-state index >= 15 is 0 Å². The molecule has 3 N–H and O–H groups in total. The lowest BCUT2D eigenvalue weighted by Gasteiger charge is -2.08. The number of halogens is 2. The van der Waals surface area contributed by atoms with E-state index in [0.717, 1.165) is 0 Å². The molecule has 0 saturated heterocycles. The average Bonchev–Trinajstić information content (AvgIpc) is 2.43. The summed E-state index contributed by atoms with van der Waals surface area (Å²) in [6.07, 6.45) is 0.157. The summed E-state index contributed by atoms with van der Waals surface area (Å²) >= 11 is 5.63. The van der Waals surface area contributed by atoms with E-state index in [0.29, 0.717) is 17.1 Å². The fourth-order valence-corrected chi connectivity index (χ4v) is 1.84. The number of hydrogen-bond acceptors (Lipinski definition) is 3. The highest BCUT2D eigenvalue weighted by atomic mass is 35.5. The highest BCUT2D eigenvalue weighted by molar-refractivity contribution is 6.31. The van der Waals surface area contributed by atoms with Crippen molar-refractivity contribution in [1.29, 1.82) is 0 Å². The quantitative estimate of drug-likeness (QED) is 0.831. The number of nitrogens with one attached hydrogen (secondary N) is 1. The van der Waals surface area contributed by atoms with Gasteiger partial charge in [-0.15, -0.1) is 0 Å². The number of carbonyl (C=O) groups is 1. The van der Waals surface area contributed by atoms with E-state index in [-0.39, 0.29) is 24.0 Å². The summed E-state index contributed by atoms with van der Waals surface area (Å²) in [6, 6.07) is 10.9. The summed E-state index contributed by atoms with van der Waals surface area (Å²) in [6.45, 7) is 0.213. The molecule has 0 aliphatic rings. The van der Waals surface area contributed by atoms with Crippen molar-refractivity contribution in [1.82, 2.24) is 0 Å². The van der Waals surface area contributed by atoms with Gasteiger partial charge in [0.15, 0.2) is 0 Å². The van der Waals surface area contributed by atoms with Crippen LogP contribution in [-0.4, -0.2) is 12.5 Å². The molecule has 0 aromatic heterocycles. The third kappa shape index (κ3) is 4.65. The van der Waals surface area contributed by atoms with Gasteiger partial charge in [0.1, 0.15) is 11.6 Å². The van der Waals surface area contributed by atoms with Crippen LogP contribution in [0.2, 0.25) is 5.02 Å². The fraction of sp³-hybridized carbons (Fsp3) is 0.133. The second-order valence-electron chi connectivity index (χ2n) is 4.35. The maximum absolute atomic E-state index is 13.0. The van der Waals surface area contributed by atoms with E-state index in [2.05, 4.69) is 5.32 Å². The van der Waals surface area contributed by atoms with Gasteiger partial charge in [-0.25, -0.2) is 4.39 Å². The normalized spacial score (nSPS) is 10.2. The first-order valence-corrected chi connectivity index (χ1v) is 6.65. The Hall–Kier alpha value is -2.27. The molecule has 2 rings (SSSR count). The second-order valence-corrected chi connectivity index (χ2v) is 4.76. The molecule has 21 heavy (non-hydrogen) atoms. The zero-order chi connectivity index (χ0) is 15.2. The van der Waals surface area contributed by atoms with Gasteiger partial charge in [-0.1, -0.05) is 17.7 Å². The summed E-state index contributed by atoms with van der Waals surface area (Å²) in [5, 5.41) is 2.57. The number of nitrogens with two attached hydrogens (primary N) is 1. The maximum atomic E-state index is 13.0. The van der Waals surface area contributed by atoms with Gasteiger partial charge < -0.3 is 15.8 Å². The SMILES string of the molecule is Nc1cccc(OCCC(=O)Nc2ccc(F)c(Cl)c2)c1. The number of ether oxygens (including phenoxy) is 1. The van der Waals surface area contributed by atoms with Crippen LogP contribution in [0.25, 0.3) is 0 Å². The summed E-state index contributed by atoms with van der Waals surface area (Å²) in [7, 11) is 0. The Kier molecular flexibility index (Phi) is 5.00.